The van der Waals surface area contributed by atoms with Crippen LogP contribution in [0, 0.1) is 5.92 Å². The number of amides is 1. The zero-order valence-corrected chi connectivity index (χ0v) is 14.5. The summed E-state index contributed by atoms with van der Waals surface area (Å²) in [5.41, 5.74) is 0. The van der Waals surface area contributed by atoms with Gasteiger partial charge in [-0.2, -0.15) is 0 Å². The van der Waals surface area contributed by atoms with Crippen molar-refractivity contribution in [3.05, 3.63) is 0 Å². The predicted octanol–water partition coefficient (Wildman–Crippen LogP) is 1.47. The van der Waals surface area contributed by atoms with Crippen LogP contribution in [0.3, 0.4) is 0 Å². The summed E-state index contributed by atoms with van der Waals surface area (Å²) in [6, 6.07) is 0.325. The lowest BCUT2D eigenvalue weighted by atomic mass is 10.0. The highest BCUT2D eigenvalue weighted by molar-refractivity contribution is 5.84. The minimum Gasteiger partial charge on any atom is -0.353 e. The lowest BCUT2D eigenvalue weighted by Gasteiger charge is -2.21. The molecule has 0 saturated carbocycles. The molecular formula is C16H33N3O2. The summed E-state index contributed by atoms with van der Waals surface area (Å²) in [5, 5.41) is 9.42. The van der Waals surface area contributed by atoms with E-state index >= 15 is 0 Å². The van der Waals surface area contributed by atoms with Crippen molar-refractivity contribution in [3.63, 3.8) is 0 Å². The van der Waals surface area contributed by atoms with Gasteiger partial charge in [-0.25, -0.2) is 0 Å². The summed E-state index contributed by atoms with van der Waals surface area (Å²) in [4.78, 5) is 23.9. The Bertz CT molecular complexity index is 315. The molecule has 0 aromatic heterocycles. The quantitative estimate of drug-likeness (QED) is 0.505. The van der Waals surface area contributed by atoms with Crippen LogP contribution in [0.2, 0.25) is 0 Å². The summed E-state index contributed by atoms with van der Waals surface area (Å²) < 4.78 is 0. The number of nitrogens with one attached hydrogen (secondary N) is 3. The van der Waals surface area contributed by atoms with Gasteiger partial charge in [-0.05, 0) is 6.42 Å². The monoisotopic (exact) mass is 299 g/mol. The number of carbonyl (C=O) groups excluding carboxylic acids is 2. The van der Waals surface area contributed by atoms with E-state index in [1.165, 1.54) is 0 Å². The Morgan fingerprint density at radius 3 is 2.00 bits per heavy atom. The molecule has 0 rings (SSSR count). The van der Waals surface area contributed by atoms with Crippen LogP contribution in [0.15, 0.2) is 0 Å². The Balaban J connectivity index is 4.25. The summed E-state index contributed by atoms with van der Waals surface area (Å²) >= 11 is 0. The van der Waals surface area contributed by atoms with E-state index in [0.29, 0.717) is 25.4 Å². The van der Waals surface area contributed by atoms with Gasteiger partial charge < -0.3 is 16.0 Å². The van der Waals surface area contributed by atoms with E-state index in [2.05, 4.69) is 29.8 Å². The van der Waals surface area contributed by atoms with E-state index < -0.39 is 0 Å². The molecule has 0 saturated heterocycles. The van der Waals surface area contributed by atoms with Crippen molar-refractivity contribution in [2.45, 2.75) is 72.5 Å². The number of carbonyl (C=O) groups is 2. The van der Waals surface area contributed by atoms with Gasteiger partial charge in [0.25, 0.3) is 0 Å². The Morgan fingerprint density at radius 1 is 0.905 bits per heavy atom. The van der Waals surface area contributed by atoms with Gasteiger partial charge in [-0.15, -0.1) is 0 Å². The van der Waals surface area contributed by atoms with E-state index in [0.717, 1.165) is 6.54 Å². The summed E-state index contributed by atoms with van der Waals surface area (Å²) in [6.07, 6.45) is 0.998. The van der Waals surface area contributed by atoms with Crippen molar-refractivity contribution in [2.75, 3.05) is 13.1 Å². The molecule has 1 amide bonds. The first-order valence-corrected chi connectivity index (χ1v) is 8.03. The molecule has 0 heterocycles. The standard InChI is InChI=1S/C16H33N3O2/c1-11(2)15(20)8-7-14(19-13(5)6)16(21)18-10-9-17-12(3)4/h11-14,17,19H,7-10H2,1-6H3,(H,18,21). The molecule has 0 aliphatic rings. The number of ketones is 1. The molecule has 21 heavy (non-hydrogen) atoms. The van der Waals surface area contributed by atoms with Gasteiger partial charge >= 0.3 is 0 Å². The van der Waals surface area contributed by atoms with Gasteiger partial charge in [0.05, 0.1) is 6.04 Å². The van der Waals surface area contributed by atoms with Crippen LogP contribution in [0.1, 0.15) is 54.4 Å². The van der Waals surface area contributed by atoms with E-state index in [4.69, 9.17) is 0 Å². The maximum Gasteiger partial charge on any atom is 0.237 e. The second kappa shape index (κ2) is 10.7. The first-order valence-electron chi connectivity index (χ1n) is 8.03. The van der Waals surface area contributed by atoms with Crippen molar-refractivity contribution >= 4 is 11.7 Å². The highest BCUT2D eigenvalue weighted by Crippen LogP contribution is 2.06. The van der Waals surface area contributed by atoms with Crippen molar-refractivity contribution in [1.82, 2.24) is 16.0 Å². The molecule has 5 heteroatoms. The van der Waals surface area contributed by atoms with Crippen LogP contribution < -0.4 is 16.0 Å². The van der Waals surface area contributed by atoms with Crippen molar-refractivity contribution < 1.29 is 9.59 Å². The number of hydrogen-bond acceptors (Lipinski definition) is 4. The molecule has 3 N–H and O–H groups in total. The fraction of sp³-hybridized carbons (Fsp3) is 0.875. The lowest BCUT2D eigenvalue weighted by molar-refractivity contribution is -0.124. The molecule has 1 unspecified atom stereocenters. The predicted molar refractivity (Wildman–Crippen MR) is 87.3 cm³/mol. The molecule has 0 spiro atoms. The molecule has 0 fully saturated rings. The average Bonchev–Trinajstić information content (AvgIpc) is 2.37. The first-order chi connectivity index (χ1) is 9.73. The summed E-state index contributed by atoms with van der Waals surface area (Å²) in [7, 11) is 0. The van der Waals surface area contributed by atoms with Crippen LogP contribution >= 0.6 is 0 Å². The Hall–Kier alpha value is -0.940. The van der Waals surface area contributed by atoms with Gasteiger partial charge in [-0.3, -0.25) is 9.59 Å². The van der Waals surface area contributed by atoms with Crippen molar-refractivity contribution in [2.24, 2.45) is 5.92 Å². The van der Waals surface area contributed by atoms with Gasteiger partial charge in [0.15, 0.2) is 0 Å². The Labute approximate surface area is 129 Å². The maximum atomic E-state index is 12.2. The minimum absolute atomic E-state index is 0.0224. The molecule has 0 bridgehead atoms. The Kier molecular flexibility index (Phi) is 10.3. The topological polar surface area (TPSA) is 70.2 Å². The van der Waals surface area contributed by atoms with E-state index in [1.807, 2.05) is 27.7 Å². The molecule has 0 radical (unpaired) electrons. The molecule has 124 valence electrons. The number of Topliss-reactive ketones (excluding diaryl/α,β-unsaturated/α-hetero) is 1. The maximum absolute atomic E-state index is 12.2. The largest absolute Gasteiger partial charge is 0.353 e. The van der Waals surface area contributed by atoms with Crippen molar-refractivity contribution in [1.29, 1.82) is 0 Å². The smallest absolute Gasteiger partial charge is 0.237 e. The van der Waals surface area contributed by atoms with Crippen molar-refractivity contribution in [3.8, 4) is 0 Å². The zero-order valence-electron chi connectivity index (χ0n) is 14.5. The van der Waals surface area contributed by atoms with Crippen LogP contribution in [0.25, 0.3) is 0 Å². The second-order valence-corrected chi connectivity index (χ2v) is 6.43. The van der Waals surface area contributed by atoms with E-state index in [1.54, 1.807) is 0 Å². The molecule has 0 aliphatic carbocycles. The first kappa shape index (κ1) is 20.1. The molecule has 1 atom stereocenters. The lowest BCUT2D eigenvalue weighted by Crippen LogP contribution is -2.48. The molecule has 0 aromatic rings. The molecular weight excluding hydrogens is 266 g/mol. The fourth-order valence-electron chi connectivity index (χ4n) is 1.94. The minimum atomic E-state index is -0.299. The van der Waals surface area contributed by atoms with E-state index in [-0.39, 0.29) is 29.7 Å². The third-order valence-electron chi connectivity index (χ3n) is 3.15. The van der Waals surface area contributed by atoms with Crippen LogP contribution in [0.4, 0.5) is 0 Å². The van der Waals surface area contributed by atoms with Gasteiger partial charge in [0.1, 0.15) is 5.78 Å². The van der Waals surface area contributed by atoms with Gasteiger partial charge in [-0.1, -0.05) is 41.5 Å². The molecule has 5 nitrogen and oxygen atoms in total. The summed E-state index contributed by atoms with van der Waals surface area (Å²) in [5.74, 6) is 0.216. The van der Waals surface area contributed by atoms with Crippen LogP contribution in [-0.2, 0) is 9.59 Å². The fourth-order valence-corrected chi connectivity index (χ4v) is 1.94. The zero-order chi connectivity index (χ0) is 16.4. The Morgan fingerprint density at radius 2 is 1.52 bits per heavy atom. The highest BCUT2D eigenvalue weighted by atomic mass is 16.2. The van der Waals surface area contributed by atoms with Gasteiger partial charge in [0, 0.05) is 37.5 Å². The third-order valence-corrected chi connectivity index (χ3v) is 3.15. The SMILES string of the molecule is CC(C)NCCNC(=O)C(CCC(=O)C(C)C)NC(C)C. The number of rotatable bonds is 11. The average molecular weight is 299 g/mol. The van der Waals surface area contributed by atoms with Crippen LogP contribution in [-0.4, -0.2) is 42.9 Å². The number of hydrogen-bond donors (Lipinski definition) is 3. The molecule has 0 aliphatic heterocycles. The summed E-state index contributed by atoms with van der Waals surface area (Å²) in [6.45, 7) is 13.3. The second-order valence-electron chi connectivity index (χ2n) is 6.43. The normalized spacial score (nSPS) is 13.0. The molecule has 0 aromatic carbocycles. The van der Waals surface area contributed by atoms with Crippen LogP contribution in [0.5, 0.6) is 0 Å². The third kappa shape index (κ3) is 10.4. The van der Waals surface area contributed by atoms with Gasteiger partial charge in [0.2, 0.25) is 5.91 Å². The highest BCUT2D eigenvalue weighted by Gasteiger charge is 2.20. The van der Waals surface area contributed by atoms with E-state index in [9.17, 15) is 9.59 Å².